The number of hydrogen-bond donors (Lipinski definition) is 1. The monoisotopic (exact) mass is 287 g/mol. The summed E-state index contributed by atoms with van der Waals surface area (Å²) in [5, 5.41) is 18.3. The molecule has 0 aliphatic carbocycles. The van der Waals surface area contributed by atoms with E-state index in [4.69, 9.17) is 14.7 Å². The molecule has 1 heterocycles. The molecule has 1 fully saturated rings. The third kappa shape index (κ3) is 3.44. The first-order chi connectivity index (χ1) is 10.2. The van der Waals surface area contributed by atoms with Crippen molar-refractivity contribution in [1.82, 2.24) is 0 Å². The molecule has 4 heteroatoms. The van der Waals surface area contributed by atoms with Crippen LogP contribution in [0.5, 0.6) is 0 Å². The molecule has 0 radical (unpaired) electrons. The van der Waals surface area contributed by atoms with E-state index in [0.29, 0.717) is 6.61 Å². The minimum atomic E-state index is -0.497. The van der Waals surface area contributed by atoms with Crippen LogP contribution in [0.15, 0.2) is 42.2 Å². The van der Waals surface area contributed by atoms with E-state index in [1.54, 1.807) is 0 Å². The summed E-state index contributed by atoms with van der Waals surface area (Å²) in [6.07, 6.45) is 0.998. The van der Waals surface area contributed by atoms with E-state index in [9.17, 15) is 5.11 Å². The van der Waals surface area contributed by atoms with E-state index in [-0.39, 0.29) is 23.7 Å². The van der Waals surface area contributed by atoms with Gasteiger partial charge in [-0.25, -0.2) is 0 Å². The number of aliphatic hydroxyl groups excluding tert-OH is 1. The fraction of sp³-hybridized carbons (Fsp3) is 0.471. The van der Waals surface area contributed by atoms with Crippen molar-refractivity contribution in [2.75, 3.05) is 0 Å². The summed E-state index contributed by atoms with van der Waals surface area (Å²) in [5.74, 6) is 0.173. The number of aliphatic hydroxyl groups is 1. The van der Waals surface area contributed by atoms with Gasteiger partial charge in [0.2, 0.25) is 0 Å². The highest BCUT2D eigenvalue weighted by atomic mass is 16.6. The molecule has 1 saturated heterocycles. The Labute approximate surface area is 125 Å². The average Bonchev–Trinajstić information content (AvgIpc) is 2.84. The maximum absolute atomic E-state index is 9.21. The van der Waals surface area contributed by atoms with Crippen LogP contribution in [0.2, 0.25) is 0 Å². The van der Waals surface area contributed by atoms with Crippen molar-refractivity contribution >= 4 is 0 Å². The highest BCUT2D eigenvalue weighted by Gasteiger charge is 2.43. The zero-order valence-corrected chi connectivity index (χ0v) is 12.4. The highest BCUT2D eigenvalue weighted by molar-refractivity contribution is 5.26. The van der Waals surface area contributed by atoms with Gasteiger partial charge < -0.3 is 14.6 Å². The second-order valence-electron chi connectivity index (χ2n) is 5.32. The number of nitriles is 1. The first kappa shape index (κ1) is 15.6. The number of nitrogens with zero attached hydrogens (tertiary/aromatic N) is 1. The van der Waals surface area contributed by atoms with E-state index in [0.717, 1.165) is 18.2 Å². The number of hydrogen-bond acceptors (Lipinski definition) is 4. The molecule has 0 saturated carbocycles. The van der Waals surface area contributed by atoms with Crippen LogP contribution >= 0.6 is 0 Å². The molecule has 1 N–H and O–H groups in total. The lowest BCUT2D eigenvalue weighted by Crippen LogP contribution is -2.30. The lowest BCUT2D eigenvalue weighted by molar-refractivity contribution is -0.0148. The van der Waals surface area contributed by atoms with Crippen LogP contribution in [0.25, 0.3) is 0 Å². The topological polar surface area (TPSA) is 62.5 Å². The van der Waals surface area contributed by atoms with E-state index in [1.807, 2.05) is 43.3 Å². The molecule has 0 aromatic heterocycles. The highest BCUT2D eigenvalue weighted by Crippen LogP contribution is 2.34. The Morgan fingerprint density at radius 3 is 2.71 bits per heavy atom. The normalized spacial score (nSPS) is 29.3. The van der Waals surface area contributed by atoms with E-state index in [2.05, 4.69) is 6.92 Å². The second kappa shape index (κ2) is 7.26. The van der Waals surface area contributed by atoms with Gasteiger partial charge in [-0.05, 0) is 12.0 Å². The van der Waals surface area contributed by atoms with Gasteiger partial charge in [0.1, 0.15) is 12.2 Å². The predicted molar refractivity (Wildman–Crippen MR) is 79.5 cm³/mol. The van der Waals surface area contributed by atoms with Gasteiger partial charge in [-0.15, -0.1) is 0 Å². The number of benzene rings is 1. The zero-order chi connectivity index (χ0) is 15.2. The van der Waals surface area contributed by atoms with Crippen LogP contribution in [0, 0.1) is 17.2 Å². The van der Waals surface area contributed by atoms with Gasteiger partial charge >= 0.3 is 0 Å². The Morgan fingerprint density at radius 1 is 1.43 bits per heavy atom. The summed E-state index contributed by atoms with van der Waals surface area (Å²) in [7, 11) is 0. The summed E-state index contributed by atoms with van der Waals surface area (Å²) in [6, 6.07) is 11.9. The molecule has 1 aromatic carbocycles. The van der Waals surface area contributed by atoms with Crippen LogP contribution in [0.4, 0.5) is 0 Å². The summed E-state index contributed by atoms with van der Waals surface area (Å²) in [5.41, 5.74) is 1.30. The minimum absolute atomic E-state index is 0.0408. The second-order valence-corrected chi connectivity index (χ2v) is 5.32. The Balaban J connectivity index is 2.11. The molecule has 4 atom stereocenters. The average molecular weight is 287 g/mol. The molecular weight excluding hydrogens is 266 g/mol. The summed E-state index contributed by atoms with van der Waals surface area (Å²) in [6.45, 7) is 4.58. The molecule has 0 amide bonds. The molecule has 1 unspecified atom stereocenters. The minimum Gasteiger partial charge on any atom is -0.514 e. The number of rotatable bonds is 5. The van der Waals surface area contributed by atoms with Crippen LogP contribution in [-0.2, 0) is 16.1 Å². The van der Waals surface area contributed by atoms with Gasteiger partial charge in [0.15, 0.2) is 0 Å². The zero-order valence-electron chi connectivity index (χ0n) is 12.4. The Bertz CT molecular complexity index is 521. The maximum Gasteiger partial charge on any atom is 0.122 e. The van der Waals surface area contributed by atoms with Crippen molar-refractivity contribution in [3.63, 3.8) is 0 Å². The Hall–Kier alpha value is -1.83. The lowest BCUT2D eigenvalue weighted by atomic mass is 9.94. The van der Waals surface area contributed by atoms with Crippen LogP contribution in [-0.4, -0.2) is 23.4 Å². The molecule has 0 bridgehead atoms. The van der Waals surface area contributed by atoms with Gasteiger partial charge in [0.05, 0.1) is 30.6 Å². The van der Waals surface area contributed by atoms with Crippen molar-refractivity contribution in [1.29, 1.82) is 5.26 Å². The fourth-order valence-electron chi connectivity index (χ4n) is 2.77. The smallest absolute Gasteiger partial charge is 0.122 e. The summed E-state index contributed by atoms with van der Waals surface area (Å²) in [4.78, 5) is 0. The van der Waals surface area contributed by atoms with Crippen LogP contribution < -0.4 is 0 Å². The molecule has 21 heavy (non-hydrogen) atoms. The maximum atomic E-state index is 9.21. The largest absolute Gasteiger partial charge is 0.514 e. The van der Waals surface area contributed by atoms with Crippen LogP contribution in [0.3, 0.4) is 0 Å². The van der Waals surface area contributed by atoms with Gasteiger partial charge in [-0.2, -0.15) is 5.26 Å². The predicted octanol–water partition coefficient (Wildman–Crippen LogP) is 3.35. The quantitative estimate of drug-likeness (QED) is 0.666. The number of ether oxygens (including phenoxy) is 2. The molecule has 2 rings (SSSR count). The van der Waals surface area contributed by atoms with Crippen molar-refractivity contribution in [3.05, 3.63) is 47.7 Å². The molecule has 1 aromatic rings. The molecule has 1 aliphatic rings. The first-order valence-corrected chi connectivity index (χ1v) is 7.26. The van der Waals surface area contributed by atoms with Crippen molar-refractivity contribution in [2.24, 2.45) is 5.92 Å². The Kier molecular flexibility index (Phi) is 5.38. The standard InChI is InChI=1S/C17H21NO3/c1-3-15-12(2)16(17(21-15)14(9-18)10-19)20-11-13-7-5-4-6-8-13/h4-8,10,12,15-17,19H,3,11H2,1-2H3/t12-,15-,16-,17?/m1/s1. The van der Waals surface area contributed by atoms with Crippen molar-refractivity contribution < 1.29 is 14.6 Å². The van der Waals surface area contributed by atoms with Gasteiger partial charge in [-0.1, -0.05) is 44.2 Å². The lowest BCUT2D eigenvalue weighted by Gasteiger charge is -2.21. The SMILES string of the molecule is CC[C@H]1OC(C(C#N)=CO)[C@H](OCc2ccccc2)[C@@H]1C. The first-order valence-electron chi connectivity index (χ1n) is 7.26. The molecule has 0 spiro atoms. The Morgan fingerprint density at radius 2 is 2.14 bits per heavy atom. The molecule has 112 valence electrons. The van der Waals surface area contributed by atoms with Crippen molar-refractivity contribution in [2.45, 2.75) is 45.2 Å². The third-order valence-electron chi connectivity index (χ3n) is 3.99. The fourth-order valence-corrected chi connectivity index (χ4v) is 2.77. The molecule has 1 aliphatic heterocycles. The summed E-state index contributed by atoms with van der Waals surface area (Å²) < 4.78 is 11.9. The third-order valence-corrected chi connectivity index (χ3v) is 3.99. The van der Waals surface area contributed by atoms with Crippen molar-refractivity contribution in [3.8, 4) is 6.07 Å². The molecular formula is C17H21NO3. The van der Waals surface area contributed by atoms with Gasteiger partial charge in [0.25, 0.3) is 0 Å². The van der Waals surface area contributed by atoms with E-state index >= 15 is 0 Å². The van der Waals surface area contributed by atoms with Crippen LogP contribution in [0.1, 0.15) is 25.8 Å². The van der Waals surface area contributed by atoms with E-state index < -0.39 is 6.10 Å². The molecule has 4 nitrogen and oxygen atoms in total. The van der Waals surface area contributed by atoms with Gasteiger partial charge in [0, 0.05) is 5.92 Å². The summed E-state index contributed by atoms with van der Waals surface area (Å²) >= 11 is 0. The van der Waals surface area contributed by atoms with E-state index in [1.165, 1.54) is 0 Å². The van der Waals surface area contributed by atoms with Gasteiger partial charge in [-0.3, -0.25) is 0 Å².